The third-order valence-electron chi connectivity index (χ3n) is 6.54. The third-order valence-corrected chi connectivity index (χ3v) is 7.92. The molecule has 0 N–H and O–H groups in total. The van der Waals surface area contributed by atoms with Crippen LogP contribution in [0.5, 0.6) is 0 Å². The SMILES string of the molecule is CCCCCCN1C(=O)/C(=C/c2c(N3CC(C)CC(C)C3)nc3ccc(C)cn3c2=O)SC1=S. The maximum absolute atomic E-state index is 13.7. The first-order chi connectivity index (χ1) is 16.3. The zero-order valence-electron chi connectivity index (χ0n) is 20.5. The molecule has 4 heterocycles. The van der Waals surface area contributed by atoms with E-state index in [2.05, 4.69) is 25.7 Å². The standard InChI is InChI=1S/C26H34N4O2S2/c1-5-6-7-8-11-29-25(32)21(34-26(29)33)13-20-23(28-14-18(3)12-19(4)15-28)27-22-10-9-17(2)16-30(22)24(20)31/h9-10,13,16,18-19H,5-8,11-12,14-15H2,1-4H3/b21-13-. The normalized spacial score (nSPS) is 22.4. The van der Waals surface area contributed by atoms with E-state index in [0.29, 0.717) is 44.6 Å². The second-order valence-corrected chi connectivity index (χ2v) is 11.5. The Morgan fingerprint density at radius 3 is 2.59 bits per heavy atom. The molecule has 0 saturated carbocycles. The first-order valence-corrected chi connectivity index (χ1v) is 13.5. The topological polar surface area (TPSA) is 57.9 Å². The van der Waals surface area contributed by atoms with Gasteiger partial charge in [-0.2, -0.15) is 0 Å². The average molecular weight is 499 g/mol. The fraction of sp³-hybridized carbons (Fsp3) is 0.538. The highest BCUT2D eigenvalue weighted by Gasteiger charge is 2.33. The summed E-state index contributed by atoms with van der Waals surface area (Å²) < 4.78 is 2.16. The summed E-state index contributed by atoms with van der Waals surface area (Å²) in [6.45, 7) is 10.9. The van der Waals surface area contributed by atoms with Crippen molar-refractivity contribution in [2.75, 3.05) is 24.5 Å². The summed E-state index contributed by atoms with van der Waals surface area (Å²) in [6, 6.07) is 3.85. The van der Waals surface area contributed by atoms with Crippen LogP contribution in [-0.4, -0.2) is 44.1 Å². The van der Waals surface area contributed by atoms with Crippen molar-refractivity contribution in [3.63, 3.8) is 0 Å². The van der Waals surface area contributed by atoms with Gasteiger partial charge in [-0.15, -0.1) is 0 Å². The Labute approximate surface area is 211 Å². The first kappa shape index (κ1) is 24.9. The minimum Gasteiger partial charge on any atom is -0.355 e. The number of anilines is 1. The minimum atomic E-state index is -0.150. The van der Waals surface area contributed by atoms with Crippen LogP contribution in [0.25, 0.3) is 11.7 Å². The Kier molecular flexibility index (Phi) is 7.77. The number of pyridine rings is 1. The van der Waals surface area contributed by atoms with Crippen LogP contribution in [0.15, 0.2) is 28.0 Å². The fourth-order valence-corrected chi connectivity index (χ4v) is 6.26. The molecule has 0 aliphatic carbocycles. The first-order valence-electron chi connectivity index (χ1n) is 12.3. The van der Waals surface area contributed by atoms with Crippen molar-refractivity contribution >= 4 is 51.7 Å². The number of hydrogen-bond donors (Lipinski definition) is 0. The number of carbonyl (C=O) groups is 1. The monoisotopic (exact) mass is 498 g/mol. The Morgan fingerprint density at radius 1 is 1.15 bits per heavy atom. The van der Waals surface area contributed by atoms with Crippen molar-refractivity contribution in [3.05, 3.63) is 44.7 Å². The summed E-state index contributed by atoms with van der Waals surface area (Å²) in [5.41, 5.74) is 1.92. The van der Waals surface area contributed by atoms with Gasteiger partial charge in [-0.05, 0) is 49.3 Å². The number of nitrogens with zero attached hydrogens (tertiary/aromatic N) is 4. The molecule has 34 heavy (non-hydrogen) atoms. The van der Waals surface area contributed by atoms with Gasteiger partial charge < -0.3 is 4.90 Å². The smallest absolute Gasteiger partial charge is 0.267 e. The molecule has 2 atom stereocenters. The predicted molar refractivity (Wildman–Crippen MR) is 145 cm³/mol. The Morgan fingerprint density at radius 2 is 1.88 bits per heavy atom. The number of carbonyl (C=O) groups excluding carboxylic acids is 1. The predicted octanol–water partition coefficient (Wildman–Crippen LogP) is 5.27. The van der Waals surface area contributed by atoms with Gasteiger partial charge in [0.1, 0.15) is 15.8 Å². The van der Waals surface area contributed by atoms with Gasteiger partial charge in [-0.3, -0.25) is 18.9 Å². The van der Waals surface area contributed by atoms with Gasteiger partial charge in [0.05, 0.1) is 10.5 Å². The van der Waals surface area contributed by atoms with Crippen molar-refractivity contribution < 1.29 is 4.79 Å². The molecule has 0 radical (unpaired) electrons. The van der Waals surface area contributed by atoms with E-state index in [4.69, 9.17) is 17.2 Å². The van der Waals surface area contributed by atoms with Crippen LogP contribution in [0.1, 0.15) is 64.0 Å². The Balaban J connectivity index is 1.75. The second kappa shape index (κ2) is 10.6. The number of thiocarbonyl (C=S) groups is 1. The van der Waals surface area contributed by atoms with E-state index in [-0.39, 0.29) is 11.5 Å². The largest absolute Gasteiger partial charge is 0.355 e. The maximum Gasteiger partial charge on any atom is 0.267 e. The number of aromatic nitrogens is 2. The summed E-state index contributed by atoms with van der Waals surface area (Å²) >= 11 is 6.81. The lowest BCUT2D eigenvalue weighted by Gasteiger charge is -2.36. The molecular weight excluding hydrogens is 464 g/mol. The highest BCUT2D eigenvalue weighted by atomic mass is 32.2. The highest BCUT2D eigenvalue weighted by Crippen LogP contribution is 2.34. The summed E-state index contributed by atoms with van der Waals surface area (Å²) in [6.07, 6.45) is 9.02. The summed E-state index contributed by atoms with van der Waals surface area (Å²) in [4.78, 5) is 36.2. The molecule has 8 heteroatoms. The van der Waals surface area contributed by atoms with Crippen LogP contribution in [0.4, 0.5) is 5.82 Å². The van der Waals surface area contributed by atoms with Crippen molar-refractivity contribution in [2.24, 2.45) is 11.8 Å². The van der Waals surface area contributed by atoms with Gasteiger partial charge >= 0.3 is 0 Å². The van der Waals surface area contributed by atoms with E-state index in [9.17, 15) is 9.59 Å². The quantitative estimate of drug-likeness (QED) is 0.295. The van der Waals surface area contributed by atoms with Crippen molar-refractivity contribution in [1.82, 2.24) is 14.3 Å². The minimum absolute atomic E-state index is 0.105. The van der Waals surface area contributed by atoms with E-state index in [1.165, 1.54) is 11.8 Å². The lowest BCUT2D eigenvalue weighted by molar-refractivity contribution is -0.122. The third kappa shape index (κ3) is 5.23. The Hall–Kier alpha value is -2.19. The molecule has 2 aromatic rings. The van der Waals surface area contributed by atoms with Crippen LogP contribution < -0.4 is 10.5 Å². The molecule has 2 fully saturated rings. The molecule has 0 bridgehead atoms. The van der Waals surface area contributed by atoms with Gasteiger partial charge in [-0.25, -0.2) is 4.98 Å². The zero-order valence-corrected chi connectivity index (χ0v) is 22.2. The molecule has 6 nitrogen and oxygen atoms in total. The second-order valence-electron chi connectivity index (χ2n) is 9.83. The molecule has 2 aromatic heterocycles. The molecule has 2 aliphatic rings. The number of thioether (sulfide) groups is 1. The number of aryl methyl sites for hydroxylation is 1. The van der Waals surface area contributed by atoms with Crippen molar-refractivity contribution in [1.29, 1.82) is 0 Å². The zero-order chi connectivity index (χ0) is 24.4. The molecular formula is C26H34N4O2S2. The van der Waals surface area contributed by atoms with E-state index in [1.807, 2.05) is 25.3 Å². The number of amides is 1. The van der Waals surface area contributed by atoms with Gasteiger partial charge in [0, 0.05) is 25.8 Å². The van der Waals surface area contributed by atoms with Crippen LogP contribution in [0.2, 0.25) is 0 Å². The summed E-state index contributed by atoms with van der Waals surface area (Å²) in [5.74, 6) is 1.58. The maximum atomic E-state index is 13.7. The van der Waals surface area contributed by atoms with Gasteiger partial charge in [0.15, 0.2) is 0 Å². The number of rotatable bonds is 7. The van der Waals surface area contributed by atoms with Crippen LogP contribution in [-0.2, 0) is 4.79 Å². The number of unbranched alkanes of at least 4 members (excludes halogenated alkanes) is 3. The fourth-order valence-electron chi connectivity index (χ4n) is 4.97. The molecule has 182 valence electrons. The van der Waals surface area contributed by atoms with Crippen molar-refractivity contribution in [2.45, 2.75) is 59.8 Å². The summed E-state index contributed by atoms with van der Waals surface area (Å²) in [5, 5.41) is 0. The molecule has 2 unspecified atom stereocenters. The number of fused-ring (bicyclic) bond motifs is 1. The van der Waals surface area contributed by atoms with Crippen LogP contribution in [0.3, 0.4) is 0 Å². The molecule has 2 aliphatic heterocycles. The van der Waals surface area contributed by atoms with Crippen LogP contribution in [0, 0.1) is 18.8 Å². The van der Waals surface area contributed by atoms with E-state index in [0.717, 1.165) is 50.8 Å². The van der Waals surface area contributed by atoms with Gasteiger partial charge in [-0.1, -0.05) is 70.1 Å². The van der Waals surface area contributed by atoms with Gasteiger partial charge in [0.25, 0.3) is 11.5 Å². The summed E-state index contributed by atoms with van der Waals surface area (Å²) in [7, 11) is 0. The van der Waals surface area contributed by atoms with Gasteiger partial charge in [0.2, 0.25) is 0 Å². The molecule has 0 spiro atoms. The van der Waals surface area contributed by atoms with E-state index >= 15 is 0 Å². The van der Waals surface area contributed by atoms with E-state index < -0.39 is 0 Å². The molecule has 1 amide bonds. The van der Waals surface area contributed by atoms with E-state index in [1.54, 1.807) is 15.4 Å². The lowest BCUT2D eigenvalue weighted by atomic mass is 9.91. The number of piperidine rings is 1. The molecule has 0 aromatic carbocycles. The van der Waals surface area contributed by atoms with Crippen LogP contribution >= 0.6 is 24.0 Å². The molecule has 2 saturated heterocycles. The number of hydrogen-bond acceptors (Lipinski definition) is 6. The average Bonchev–Trinajstić information content (AvgIpc) is 3.05. The van der Waals surface area contributed by atoms with Crippen molar-refractivity contribution in [3.8, 4) is 0 Å². The highest BCUT2D eigenvalue weighted by molar-refractivity contribution is 8.26. The molecule has 4 rings (SSSR count). The Bertz CT molecular complexity index is 1180. The lowest BCUT2D eigenvalue weighted by Crippen LogP contribution is -2.40.